The number of rotatable bonds is 7. The predicted octanol–water partition coefficient (Wildman–Crippen LogP) is 2.11. The Kier molecular flexibility index (Phi) is 7.68. The first-order chi connectivity index (χ1) is 14.6. The average molecular weight is 424 g/mol. The van der Waals surface area contributed by atoms with Crippen molar-refractivity contribution in [3.05, 3.63) is 88.0 Å². The summed E-state index contributed by atoms with van der Waals surface area (Å²) in [4.78, 5) is 37.8. The van der Waals surface area contributed by atoms with Gasteiger partial charge in [0.15, 0.2) is 6.29 Å². The van der Waals surface area contributed by atoms with E-state index in [1.54, 1.807) is 39.2 Å². The normalized spacial score (nSPS) is 11.7. The van der Waals surface area contributed by atoms with E-state index in [9.17, 15) is 18.8 Å². The fraction of sp³-hybridized carbons (Fsp3) is 0.174. The highest BCUT2D eigenvalue weighted by molar-refractivity contribution is 6.03. The first kappa shape index (κ1) is 23.3. The molecule has 0 saturated heterocycles. The topological polar surface area (TPSA) is 119 Å². The molecule has 0 unspecified atom stereocenters. The standard InChI is InChI=1S/C23H25FN4O3/c1-14-9-16(22(17(10-14)13-29)23(31)28(2)3)12-21(30)27-20(26)8-7-19(25)15-5-4-6-18(24)11-15/h4-11,13H,12,25-26H2,1-3H3,(H,27,30)/b19-7-,20-8+. The molecule has 0 saturated carbocycles. The molecule has 0 radical (unpaired) electrons. The Morgan fingerprint density at radius 1 is 1.13 bits per heavy atom. The van der Waals surface area contributed by atoms with E-state index in [1.165, 1.54) is 35.3 Å². The highest BCUT2D eigenvalue weighted by Gasteiger charge is 2.20. The second kappa shape index (κ2) is 10.2. The molecule has 0 aromatic heterocycles. The van der Waals surface area contributed by atoms with Gasteiger partial charge in [0.25, 0.3) is 5.91 Å². The van der Waals surface area contributed by atoms with Gasteiger partial charge in [-0.1, -0.05) is 23.8 Å². The molecule has 2 rings (SSSR count). The Morgan fingerprint density at radius 3 is 2.45 bits per heavy atom. The number of carbonyl (C=O) groups is 3. The Labute approximate surface area is 180 Å². The maximum Gasteiger partial charge on any atom is 0.254 e. The maximum absolute atomic E-state index is 13.3. The number of hydrogen-bond donors (Lipinski definition) is 3. The van der Waals surface area contributed by atoms with Crippen molar-refractivity contribution < 1.29 is 18.8 Å². The van der Waals surface area contributed by atoms with Crippen LogP contribution >= 0.6 is 0 Å². The number of nitrogens with one attached hydrogen (secondary N) is 1. The van der Waals surface area contributed by atoms with Gasteiger partial charge in [-0.15, -0.1) is 0 Å². The molecule has 5 N–H and O–H groups in total. The monoisotopic (exact) mass is 424 g/mol. The first-order valence-electron chi connectivity index (χ1n) is 9.41. The van der Waals surface area contributed by atoms with E-state index in [0.29, 0.717) is 17.4 Å². The lowest BCUT2D eigenvalue weighted by Gasteiger charge is -2.17. The Balaban J connectivity index is 2.21. The molecule has 0 aliphatic carbocycles. The number of aldehydes is 1. The van der Waals surface area contributed by atoms with Gasteiger partial charge in [-0.2, -0.15) is 0 Å². The summed E-state index contributed by atoms with van der Waals surface area (Å²) in [5, 5.41) is 2.51. The zero-order chi connectivity index (χ0) is 23.1. The predicted molar refractivity (Wildman–Crippen MR) is 117 cm³/mol. The first-order valence-corrected chi connectivity index (χ1v) is 9.41. The number of aryl methyl sites for hydroxylation is 1. The minimum atomic E-state index is -0.471. The summed E-state index contributed by atoms with van der Waals surface area (Å²) in [5.74, 6) is -1.25. The molecule has 7 nitrogen and oxygen atoms in total. The second-order valence-electron chi connectivity index (χ2n) is 7.19. The number of hydrogen-bond acceptors (Lipinski definition) is 5. The Bertz CT molecular complexity index is 1070. The molecule has 0 aliphatic heterocycles. The van der Waals surface area contributed by atoms with Crippen LogP contribution in [0.5, 0.6) is 0 Å². The molecule has 2 aromatic rings. The van der Waals surface area contributed by atoms with Gasteiger partial charge < -0.3 is 21.7 Å². The van der Waals surface area contributed by atoms with Crippen molar-refractivity contribution in [3.63, 3.8) is 0 Å². The number of amides is 2. The molecule has 31 heavy (non-hydrogen) atoms. The van der Waals surface area contributed by atoms with Crippen molar-refractivity contribution in [3.8, 4) is 0 Å². The SMILES string of the molecule is Cc1cc(C=O)c(C(=O)N(C)C)c(CC(=O)N/C(N)=C/C=C(\N)c2cccc(F)c2)c1. The molecule has 0 heterocycles. The van der Waals surface area contributed by atoms with E-state index >= 15 is 0 Å². The summed E-state index contributed by atoms with van der Waals surface area (Å²) in [7, 11) is 3.13. The smallest absolute Gasteiger partial charge is 0.254 e. The van der Waals surface area contributed by atoms with E-state index in [1.807, 2.05) is 0 Å². The van der Waals surface area contributed by atoms with Gasteiger partial charge in [-0.25, -0.2) is 4.39 Å². The van der Waals surface area contributed by atoms with E-state index in [2.05, 4.69) is 5.32 Å². The van der Waals surface area contributed by atoms with Crippen molar-refractivity contribution in [1.82, 2.24) is 10.2 Å². The van der Waals surface area contributed by atoms with Crippen LogP contribution in [0.4, 0.5) is 4.39 Å². The number of nitrogens with zero attached hydrogens (tertiary/aromatic N) is 1. The van der Waals surface area contributed by atoms with Crippen LogP contribution in [0.2, 0.25) is 0 Å². The zero-order valence-corrected chi connectivity index (χ0v) is 17.6. The molecule has 2 amide bonds. The molecule has 162 valence electrons. The molecule has 0 aliphatic rings. The van der Waals surface area contributed by atoms with Crippen LogP contribution in [0.15, 0.2) is 54.4 Å². The fourth-order valence-electron chi connectivity index (χ4n) is 2.97. The molecule has 0 fully saturated rings. The van der Waals surface area contributed by atoms with Crippen LogP contribution in [0, 0.1) is 12.7 Å². The van der Waals surface area contributed by atoms with Crippen molar-refractivity contribution in [1.29, 1.82) is 0 Å². The summed E-state index contributed by atoms with van der Waals surface area (Å²) in [6, 6.07) is 9.04. The van der Waals surface area contributed by atoms with E-state index in [4.69, 9.17) is 11.5 Å². The highest BCUT2D eigenvalue weighted by atomic mass is 19.1. The lowest BCUT2D eigenvalue weighted by molar-refractivity contribution is -0.119. The van der Waals surface area contributed by atoms with Gasteiger partial charge in [0.2, 0.25) is 5.91 Å². The fourth-order valence-corrected chi connectivity index (χ4v) is 2.97. The van der Waals surface area contributed by atoms with Crippen molar-refractivity contribution in [2.45, 2.75) is 13.3 Å². The summed E-state index contributed by atoms with van der Waals surface area (Å²) in [6.45, 7) is 1.77. The lowest BCUT2D eigenvalue weighted by Crippen LogP contribution is -2.30. The third-order valence-corrected chi connectivity index (χ3v) is 4.38. The summed E-state index contributed by atoms with van der Waals surface area (Å²) >= 11 is 0. The third kappa shape index (κ3) is 6.27. The Morgan fingerprint density at radius 2 is 1.84 bits per heavy atom. The van der Waals surface area contributed by atoms with Crippen molar-refractivity contribution >= 4 is 23.8 Å². The second-order valence-corrected chi connectivity index (χ2v) is 7.19. The molecule has 0 spiro atoms. The largest absolute Gasteiger partial charge is 0.398 e. The van der Waals surface area contributed by atoms with Gasteiger partial charge in [0.05, 0.1) is 12.0 Å². The number of halogens is 1. The minimum absolute atomic E-state index is 0.0214. The minimum Gasteiger partial charge on any atom is -0.398 e. The number of benzene rings is 2. The van der Waals surface area contributed by atoms with Crippen LogP contribution in [-0.4, -0.2) is 37.1 Å². The van der Waals surface area contributed by atoms with Gasteiger partial charge >= 0.3 is 0 Å². The molecule has 0 atom stereocenters. The van der Waals surface area contributed by atoms with E-state index in [-0.39, 0.29) is 35.0 Å². The number of allylic oxidation sites excluding steroid dienone is 2. The van der Waals surface area contributed by atoms with Crippen LogP contribution in [-0.2, 0) is 11.2 Å². The third-order valence-electron chi connectivity index (χ3n) is 4.38. The van der Waals surface area contributed by atoms with Crippen LogP contribution in [0.25, 0.3) is 5.70 Å². The highest BCUT2D eigenvalue weighted by Crippen LogP contribution is 2.19. The Hall–Kier alpha value is -3.94. The average Bonchev–Trinajstić information content (AvgIpc) is 2.70. The van der Waals surface area contributed by atoms with Crippen molar-refractivity contribution in [2.24, 2.45) is 11.5 Å². The maximum atomic E-state index is 13.3. The van der Waals surface area contributed by atoms with Gasteiger partial charge in [0, 0.05) is 30.9 Å². The van der Waals surface area contributed by atoms with Gasteiger partial charge in [0.1, 0.15) is 11.6 Å². The van der Waals surface area contributed by atoms with Crippen LogP contribution < -0.4 is 16.8 Å². The van der Waals surface area contributed by atoms with Crippen LogP contribution in [0.1, 0.15) is 37.4 Å². The molecule has 2 aromatic carbocycles. The number of carbonyl (C=O) groups excluding carboxylic acids is 3. The van der Waals surface area contributed by atoms with E-state index < -0.39 is 11.7 Å². The summed E-state index contributed by atoms with van der Waals surface area (Å²) in [6.07, 6.45) is 3.27. The molecular formula is C23H25FN4O3. The number of nitrogens with two attached hydrogens (primary N) is 2. The van der Waals surface area contributed by atoms with E-state index in [0.717, 1.165) is 5.56 Å². The van der Waals surface area contributed by atoms with Gasteiger partial charge in [-0.05, 0) is 42.8 Å². The molecule has 8 heteroatoms. The quantitative estimate of drug-likeness (QED) is 0.465. The summed E-state index contributed by atoms with van der Waals surface area (Å²) in [5.41, 5.74) is 14.0. The van der Waals surface area contributed by atoms with Gasteiger partial charge in [-0.3, -0.25) is 14.4 Å². The molecule has 0 bridgehead atoms. The molecular weight excluding hydrogens is 399 g/mol. The lowest BCUT2D eigenvalue weighted by atomic mass is 9.95. The zero-order valence-electron chi connectivity index (χ0n) is 17.6. The van der Waals surface area contributed by atoms with Crippen LogP contribution in [0.3, 0.4) is 0 Å². The summed E-state index contributed by atoms with van der Waals surface area (Å²) < 4.78 is 13.3. The van der Waals surface area contributed by atoms with Crippen molar-refractivity contribution in [2.75, 3.05) is 14.1 Å².